The van der Waals surface area contributed by atoms with Crippen LogP contribution in [-0.4, -0.2) is 15.5 Å². The Morgan fingerprint density at radius 2 is 1.95 bits per heavy atom. The highest BCUT2D eigenvalue weighted by atomic mass is 32.2. The van der Waals surface area contributed by atoms with Crippen molar-refractivity contribution in [3.05, 3.63) is 53.8 Å². The molecule has 4 nitrogen and oxygen atoms in total. The van der Waals surface area contributed by atoms with Crippen LogP contribution in [0.3, 0.4) is 0 Å². The van der Waals surface area contributed by atoms with Gasteiger partial charge in [0.05, 0.1) is 23.4 Å². The minimum absolute atomic E-state index is 0.0364. The molecule has 0 aliphatic rings. The molecule has 0 aliphatic carbocycles. The molecule has 0 saturated carbocycles. The quantitative estimate of drug-likeness (QED) is 0.879. The summed E-state index contributed by atoms with van der Waals surface area (Å²) >= 11 is 0. The lowest BCUT2D eigenvalue weighted by Crippen LogP contribution is -2.08. The summed E-state index contributed by atoms with van der Waals surface area (Å²) in [6.45, 7) is 0. The van der Waals surface area contributed by atoms with E-state index in [-0.39, 0.29) is 16.3 Å². The van der Waals surface area contributed by atoms with Crippen molar-refractivity contribution < 1.29 is 17.5 Å². The molecule has 0 bridgehead atoms. The van der Waals surface area contributed by atoms with Gasteiger partial charge in [0.15, 0.2) is 9.84 Å². The molecule has 2 aromatic carbocycles. The smallest absolute Gasteiger partial charge is 0.184 e. The minimum atomic E-state index is -3.71. The van der Waals surface area contributed by atoms with E-state index in [0.29, 0.717) is 11.3 Å². The van der Waals surface area contributed by atoms with Gasteiger partial charge in [0.1, 0.15) is 11.6 Å². The van der Waals surface area contributed by atoms with E-state index in [1.807, 2.05) is 0 Å². The van der Waals surface area contributed by atoms with Crippen molar-refractivity contribution in [3.8, 4) is 5.75 Å². The van der Waals surface area contributed by atoms with E-state index in [9.17, 15) is 12.8 Å². The molecule has 0 heterocycles. The van der Waals surface area contributed by atoms with Crippen LogP contribution >= 0.6 is 0 Å². The zero-order valence-electron chi connectivity index (χ0n) is 10.8. The Labute approximate surface area is 116 Å². The first-order valence-corrected chi connectivity index (χ1v) is 7.48. The summed E-state index contributed by atoms with van der Waals surface area (Å²) in [6.07, 6.45) is 0. The van der Waals surface area contributed by atoms with Crippen molar-refractivity contribution in [2.45, 2.75) is 10.6 Å². The molecule has 0 amide bonds. The number of rotatable bonds is 4. The Bertz CT molecular complexity index is 729. The van der Waals surface area contributed by atoms with Crippen LogP contribution in [0, 0.1) is 5.82 Å². The number of hydrogen-bond donors (Lipinski definition) is 1. The zero-order chi connectivity index (χ0) is 14.8. The molecule has 2 N–H and O–H groups in total. The zero-order valence-corrected chi connectivity index (χ0v) is 11.7. The van der Waals surface area contributed by atoms with Gasteiger partial charge in [-0.15, -0.1) is 0 Å². The van der Waals surface area contributed by atoms with E-state index in [2.05, 4.69) is 0 Å². The summed E-state index contributed by atoms with van der Waals surface area (Å²) in [5.74, 6) is -0.342. The van der Waals surface area contributed by atoms with E-state index in [1.54, 1.807) is 24.3 Å². The molecule has 0 radical (unpaired) electrons. The maximum Gasteiger partial charge on any atom is 0.184 e. The first kappa shape index (κ1) is 14.3. The number of sulfone groups is 1. The molecule has 0 saturated heterocycles. The topological polar surface area (TPSA) is 69.4 Å². The highest BCUT2D eigenvalue weighted by Gasteiger charge is 2.19. The fourth-order valence-corrected chi connectivity index (χ4v) is 3.33. The molecule has 2 aromatic rings. The Hall–Kier alpha value is -2.08. The number of ether oxygens (including phenoxy) is 1. The Balaban J connectivity index is 2.38. The molecule has 0 unspecified atom stereocenters. The van der Waals surface area contributed by atoms with Crippen LogP contribution in [0.4, 0.5) is 10.1 Å². The standard InChI is InChI=1S/C14H14FNO3S/c1-19-12-4-2-3-10(7-12)9-20(17,18)14-8-11(15)5-6-13(14)16/h2-8H,9,16H2,1H3. The maximum atomic E-state index is 13.2. The summed E-state index contributed by atoms with van der Waals surface area (Å²) in [5.41, 5.74) is 6.20. The third-order valence-electron chi connectivity index (χ3n) is 2.80. The molecule has 2 rings (SSSR count). The largest absolute Gasteiger partial charge is 0.497 e. The van der Waals surface area contributed by atoms with Gasteiger partial charge in [-0.3, -0.25) is 0 Å². The molecule has 0 fully saturated rings. The lowest BCUT2D eigenvalue weighted by molar-refractivity contribution is 0.414. The highest BCUT2D eigenvalue weighted by Crippen LogP contribution is 2.24. The minimum Gasteiger partial charge on any atom is -0.497 e. The number of nitrogens with two attached hydrogens (primary N) is 1. The summed E-state index contributed by atoms with van der Waals surface area (Å²) in [6, 6.07) is 9.99. The second-order valence-electron chi connectivity index (χ2n) is 4.29. The van der Waals surface area contributed by atoms with E-state index in [0.717, 1.165) is 12.1 Å². The fraction of sp³-hybridized carbons (Fsp3) is 0.143. The average molecular weight is 295 g/mol. The van der Waals surface area contributed by atoms with Gasteiger partial charge in [-0.25, -0.2) is 12.8 Å². The number of benzene rings is 2. The molecular weight excluding hydrogens is 281 g/mol. The monoisotopic (exact) mass is 295 g/mol. The number of nitrogen functional groups attached to an aromatic ring is 1. The molecule has 0 atom stereocenters. The fourth-order valence-electron chi connectivity index (χ4n) is 1.84. The lowest BCUT2D eigenvalue weighted by Gasteiger charge is -2.08. The first-order chi connectivity index (χ1) is 9.42. The van der Waals surface area contributed by atoms with Gasteiger partial charge in [-0.2, -0.15) is 0 Å². The lowest BCUT2D eigenvalue weighted by atomic mass is 10.2. The van der Waals surface area contributed by atoms with Crippen LogP contribution in [0.25, 0.3) is 0 Å². The van der Waals surface area contributed by atoms with Gasteiger partial charge in [-0.05, 0) is 35.9 Å². The molecule has 0 aromatic heterocycles. The predicted octanol–water partition coefficient (Wildman–Crippen LogP) is 2.39. The van der Waals surface area contributed by atoms with E-state index < -0.39 is 15.7 Å². The van der Waals surface area contributed by atoms with Gasteiger partial charge in [-0.1, -0.05) is 12.1 Å². The van der Waals surface area contributed by atoms with Gasteiger partial charge in [0.2, 0.25) is 0 Å². The van der Waals surface area contributed by atoms with Crippen molar-refractivity contribution in [1.29, 1.82) is 0 Å². The molecule has 0 aliphatic heterocycles. The Morgan fingerprint density at radius 1 is 1.20 bits per heavy atom. The predicted molar refractivity (Wildman–Crippen MR) is 74.7 cm³/mol. The van der Waals surface area contributed by atoms with Crippen molar-refractivity contribution >= 4 is 15.5 Å². The third kappa shape index (κ3) is 3.08. The van der Waals surface area contributed by atoms with Crippen molar-refractivity contribution in [3.63, 3.8) is 0 Å². The Morgan fingerprint density at radius 3 is 2.65 bits per heavy atom. The highest BCUT2D eigenvalue weighted by molar-refractivity contribution is 7.90. The summed E-state index contributed by atoms with van der Waals surface area (Å²) in [5, 5.41) is 0. The summed E-state index contributed by atoms with van der Waals surface area (Å²) in [7, 11) is -2.21. The SMILES string of the molecule is COc1cccc(CS(=O)(=O)c2cc(F)ccc2N)c1. The average Bonchev–Trinajstić information content (AvgIpc) is 2.41. The Kier molecular flexibility index (Phi) is 3.94. The first-order valence-electron chi connectivity index (χ1n) is 5.83. The molecule has 0 spiro atoms. The summed E-state index contributed by atoms with van der Waals surface area (Å²) < 4.78 is 42.8. The van der Waals surface area contributed by atoms with Gasteiger partial charge < -0.3 is 10.5 Å². The van der Waals surface area contributed by atoms with Gasteiger partial charge in [0, 0.05) is 0 Å². The molecular formula is C14H14FNO3S. The van der Waals surface area contributed by atoms with Crippen molar-refractivity contribution in [1.82, 2.24) is 0 Å². The number of halogens is 1. The van der Waals surface area contributed by atoms with E-state index in [4.69, 9.17) is 10.5 Å². The second-order valence-corrected chi connectivity index (χ2v) is 6.25. The van der Waals surface area contributed by atoms with E-state index in [1.165, 1.54) is 13.2 Å². The van der Waals surface area contributed by atoms with Crippen LogP contribution in [-0.2, 0) is 15.6 Å². The number of methoxy groups -OCH3 is 1. The van der Waals surface area contributed by atoms with Crippen LogP contribution in [0.5, 0.6) is 5.75 Å². The van der Waals surface area contributed by atoms with Crippen molar-refractivity contribution in [2.75, 3.05) is 12.8 Å². The van der Waals surface area contributed by atoms with Crippen molar-refractivity contribution in [2.24, 2.45) is 0 Å². The third-order valence-corrected chi connectivity index (χ3v) is 4.54. The van der Waals surface area contributed by atoms with Crippen LogP contribution in [0.2, 0.25) is 0 Å². The normalized spacial score (nSPS) is 11.3. The van der Waals surface area contributed by atoms with Crippen LogP contribution in [0.15, 0.2) is 47.4 Å². The summed E-state index contributed by atoms with van der Waals surface area (Å²) in [4.78, 5) is -0.194. The van der Waals surface area contributed by atoms with Gasteiger partial charge in [0.25, 0.3) is 0 Å². The number of anilines is 1. The van der Waals surface area contributed by atoms with Crippen LogP contribution in [0.1, 0.15) is 5.56 Å². The molecule has 20 heavy (non-hydrogen) atoms. The second kappa shape index (κ2) is 5.50. The van der Waals surface area contributed by atoms with E-state index >= 15 is 0 Å². The molecule has 106 valence electrons. The number of hydrogen-bond acceptors (Lipinski definition) is 4. The molecule has 6 heteroatoms. The maximum absolute atomic E-state index is 13.2. The van der Waals surface area contributed by atoms with Crippen LogP contribution < -0.4 is 10.5 Å². The van der Waals surface area contributed by atoms with Gasteiger partial charge >= 0.3 is 0 Å².